The van der Waals surface area contributed by atoms with Crippen LogP contribution in [0, 0.1) is 0 Å². The normalized spacial score (nSPS) is 17.8. The molecule has 2 unspecified atom stereocenters. The third kappa shape index (κ3) is 3.34. The summed E-state index contributed by atoms with van der Waals surface area (Å²) in [5, 5.41) is 16.1. The summed E-state index contributed by atoms with van der Waals surface area (Å²) in [5.41, 5.74) is 3.98. The summed E-state index contributed by atoms with van der Waals surface area (Å²) < 4.78 is 7.63. The lowest BCUT2D eigenvalue weighted by Gasteiger charge is -2.21. The van der Waals surface area contributed by atoms with Crippen LogP contribution in [-0.4, -0.2) is 42.9 Å². The molecule has 1 saturated heterocycles. The molecular weight excluding hydrogens is 354 g/mol. The topological polar surface area (TPSA) is 93.5 Å². The molecule has 28 heavy (non-hydrogen) atoms. The van der Waals surface area contributed by atoms with E-state index in [0.29, 0.717) is 6.54 Å². The van der Waals surface area contributed by atoms with E-state index in [4.69, 9.17) is 4.74 Å². The van der Waals surface area contributed by atoms with E-state index in [0.717, 1.165) is 47.6 Å². The molecule has 3 heterocycles. The van der Waals surface area contributed by atoms with Gasteiger partial charge in [0.25, 0.3) is 0 Å². The maximum absolute atomic E-state index is 5.78. The van der Waals surface area contributed by atoms with Gasteiger partial charge in [0.15, 0.2) is 5.82 Å². The summed E-state index contributed by atoms with van der Waals surface area (Å²) in [7, 11) is 0. The summed E-state index contributed by atoms with van der Waals surface area (Å²) in [6.45, 7) is 1.47. The third-order valence-electron chi connectivity index (χ3n) is 5.08. The minimum Gasteiger partial charge on any atom is -0.376 e. The number of hydrogen-bond acceptors (Lipinski definition) is 6. The fourth-order valence-corrected chi connectivity index (χ4v) is 3.66. The number of rotatable bonds is 6. The van der Waals surface area contributed by atoms with Gasteiger partial charge in [0, 0.05) is 12.3 Å². The molecule has 2 atom stereocenters. The highest BCUT2D eigenvalue weighted by Crippen LogP contribution is 2.27. The van der Waals surface area contributed by atoms with Gasteiger partial charge in [-0.05, 0) is 47.0 Å². The Morgan fingerprint density at radius 2 is 2.14 bits per heavy atom. The highest BCUT2D eigenvalue weighted by molar-refractivity contribution is 5.78. The Balaban J connectivity index is 1.49. The molecule has 2 N–H and O–H groups in total. The summed E-state index contributed by atoms with van der Waals surface area (Å²) in [4.78, 5) is 7.44. The minimum absolute atomic E-state index is 0.167. The maximum Gasteiger partial charge on any atom is 0.178 e. The van der Waals surface area contributed by atoms with Gasteiger partial charge in [0.05, 0.1) is 30.0 Å². The molecule has 0 amide bonds. The molecule has 1 fully saturated rings. The molecule has 5 rings (SSSR count). The lowest BCUT2D eigenvalue weighted by atomic mass is 10.1. The fourth-order valence-electron chi connectivity index (χ4n) is 3.66. The van der Waals surface area contributed by atoms with E-state index >= 15 is 0 Å². The summed E-state index contributed by atoms with van der Waals surface area (Å²) in [6.07, 6.45) is 4.00. The van der Waals surface area contributed by atoms with Crippen LogP contribution in [0.4, 0.5) is 5.69 Å². The van der Waals surface area contributed by atoms with Crippen LogP contribution in [0.2, 0.25) is 0 Å². The first-order valence-electron chi connectivity index (χ1n) is 9.49. The number of aromatic amines is 1. The lowest BCUT2D eigenvalue weighted by Crippen LogP contribution is -2.23. The van der Waals surface area contributed by atoms with Gasteiger partial charge in [0.2, 0.25) is 0 Å². The van der Waals surface area contributed by atoms with Gasteiger partial charge in [-0.15, -0.1) is 5.10 Å². The molecule has 8 heteroatoms. The Bertz CT molecular complexity index is 1050. The number of nitrogens with one attached hydrogen (secondary N) is 2. The first-order valence-corrected chi connectivity index (χ1v) is 9.49. The van der Waals surface area contributed by atoms with E-state index in [1.165, 1.54) is 0 Å². The van der Waals surface area contributed by atoms with E-state index in [1.54, 1.807) is 6.33 Å². The Morgan fingerprint density at radius 3 is 3.00 bits per heavy atom. The van der Waals surface area contributed by atoms with Crippen molar-refractivity contribution < 1.29 is 4.74 Å². The Kier molecular flexibility index (Phi) is 4.46. The summed E-state index contributed by atoms with van der Waals surface area (Å²) in [6, 6.07) is 16.1. The number of nitrogens with zero attached hydrogens (tertiary/aromatic N) is 5. The standard InChI is InChI=1S/C20H21N7O/c1-2-5-14(6-3-1)19(23-15-8-9-17-18(11-15)22-13-21-17)20-24-25-26-27(20)12-16-7-4-10-28-16/h1-3,5-6,8-9,11,13,16,19,23H,4,7,10,12H2,(H,21,22). The van der Waals surface area contributed by atoms with E-state index in [2.05, 4.69) is 42.9 Å². The molecule has 2 aromatic heterocycles. The zero-order valence-corrected chi connectivity index (χ0v) is 15.3. The van der Waals surface area contributed by atoms with Crippen LogP contribution < -0.4 is 5.32 Å². The Labute approximate surface area is 161 Å². The number of tetrazole rings is 1. The van der Waals surface area contributed by atoms with Crippen LogP contribution in [-0.2, 0) is 11.3 Å². The van der Waals surface area contributed by atoms with Crippen molar-refractivity contribution in [2.75, 3.05) is 11.9 Å². The first kappa shape index (κ1) is 16.9. The third-order valence-corrected chi connectivity index (χ3v) is 5.08. The van der Waals surface area contributed by atoms with Crippen molar-refractivity contribution in [2.24, 2.45) is 0 Å². The smallest absolute Gasteiger partial charge is 0.178 e. The number of benzene rings is 2. The molecule has 0 saturated carbocycles. The van der Waals surface area contributed by atoms with Gasteiger partial charge in [0.1, 0.15) is 6.04 Å². The molecule has 8 nitrogen and oxygen atoms in total. The van der Waals surface area contributed by atoms with Crippen LogP contribution in [0.5, 0.6) is 0 Å². The van der Waals surface area contributed by atoms with Gasteiger partial charge < -0.3 is 15.0 Å². The van der Waals surface area contributed by atoms with Gasteiger partial charge in [-0.3, -0.25) is 0 Å². The van der Waals surface area contributed by atoms with Crippen LogP contribution in [0.15, 0.2) is 54.9 Å². The number of H-pyrrole nitrogens is 1. The Morgan fingerprint density at radius 1 is 1.21 bits per heavy atom. The average Bonchev–Trinajstić information content (AvgIpc) is 3.49. The molecule has 1 aliphatic rings. The molecular formula is C20H21N7O. The first-order chi connectivity index (χ1) is 13.9. The van der Waals surface area contributed by atoms with Crippen LogP contribution in [0.1, 0.15) is 30.3 Å². The highest BCUT2D eigenvalue weighted by atomic mass is 16.5. The Hall–Kier alpha value is -3.26. The second-order valence-corrected chi connectivity index (χ2v) is 6.98. The van der Waals surface area contributed by atoms with Crippen LogP contribution in [0.3, 0.4) is 0 Å². The highest BCUT2D eigenvalue weighted by Gasteiger charge is 2.24. The molecule has 0 aliphatic carbocycles. The van der Waals surface area contributed by atoms with Crippen molar-refractivity contribution >= 4 is 16.7 Å². The zero-order chi connectivity index (χ0) is 18.8. The SMILES string of the molecule is c1ccc(C(Nc2ccc3nc[nH]c3c2)c2nnnn2CC2CCCO2)cc1. The molecule has 142 valence electrons. The zero-order valence-electron chi connectivity index (χ0n) is 15.3. The van der Waals surface area contributed by atoms with Gasteiger partial charge in [-0.25, -0.2) is 9.67 Å². The molecule has 1 aliphatic heterocycles. The van der Waals surface area contributed by atoms with E-state index in [1.807, 2.05) is 41.1 Å². The fraction of sp³-hybridized carbons (Fsp3) is 0.300. The molecule has 4 aromatic rings. The average molecular weight is 375 g/mol. The molecule has 2 aromatic carbocycles. The number of ether oxygens (including phenoxy) is 1. The number of fused-ring (bicyclic) bond motifs is 1. The monoisotopic (exact) mass is 375 g/mol. The van der Waals surface area contributed by atoms with E-state index < -0.39 is 0 Å². The second-order valence-electron chi connectivity index (χ2n) is 6.98. The van der Waals surface area contributed by atoms with Crippen LogP contribution >= 0.6 is 0 Å². The summed E-state index contributed by atoms with van der Waals surface area (Å²) >= 11 is 0. The van der Waals surface area contributed by atoms with Crippen molar-refractivity contribution in [1.29, 1.82) is 0 Å². The van der Waals surface area contributed by atoms with Crippen molar-refractivity contribution in [3.8, 4) is 0 Å². The van der Waals surface area contributed by atoms with Crippen molar-refractivity contribution in [2.45, 2.75) is 31.5 Å². The quantitative estimate of drug-likeness (QED) is 0.538. The maximum atomic E-state index is 5.78. The van der Waals surface area contributed by atoms with Crippen molar-refractivity contribution in [1.82, 2.24) is 30.2 Å². The number of imidazole rings is 1. The second kappa shape index (κ2) is 7.40. The van der Waals surface area contributed by atoms with E-state index in [9.17, 15) is 0 Å². The predicted molar refractivity (Wildman–Crippen MR) is 105 cm³/mol. The summed E-state index contributed by atoms with van der Waals surface area (Å²) in [5.74, 6) is 0.770. The van der Waals surface area contributed by atoms with Gasteiger partial charge >= 0.3 is 0 Å². The van der Waals surface area contributed by atoms with Crippen LogP contribution in [0.25, 0.3) is 11.0 Å². The lowest BCUT2D eigenvalue weighted by molar-refractivity contribution is 0.0925. The molecule has 0 bridgehead atoms. The number of anilines is 1. The number of hydrogen-bond donors (Lipinski definition) is 2. The van der Waals surface area contributed by atoms with E-state index in [-0.39, 0.29) is 12.1 Å². The molecule has 0 radical (unpaired) electrons. The minimum atomic E-state index is -0.182. The van der Waals surface area contributed by atoms with Crippen molar-refractivity contribution in [3.63, 3.8) is 0 Å². The molecule has 0 spiro atoms. The van der Waals surface area contributed by atoms with Crippen molar-refractivity contribution in [3.05, 3.63) is 66.2 Å². The predicted octanol–water partition coefficient (Wildman–Crippen LogP) is 2.93. The largest absolute Gasteiger partial charge is 0.376 e. The van der Waals surface area contributed by atoms with Gasteiger partial charge in [-0.1, -0.05) is 30.3 Å². The number of aromatic nitrogens is 6. The van der Waals surface area contributed by atoms with Gasteiger partial charge in [-0.2, -0.15) is 0 Å².